The third kappa shape index (κ3) is 4.67. The van der Waals surface area contributed by atoms with E-state index in [1.54, 1.807) is 18.2 Å². The highest BCUT2D eigenvalue weighted by Gasteiger charge is 2.27. The number of nitrogens with one attached hydrogen (secondary N) is 1. The molecule has 1 aromatic carbocycles. The fourth-order valence-corrected chi connectivity index (χ4v) is 5.43. The molecule has 0 unspecified atom stereocenters. The van der Waals surface area contributed by atoms with Gasteiger partial charge < -0.3 is 28.4 Å². The van der Waals surface area contributed by atoms with Crippen LogP contribution < -0.4 is 23.5 Å². The van der Waals surface area contributed by atoms with Gasteiger partial charge in [-0.3, -0.25) is 9.59 Å². The Kier molecular flexibility index (Phi) is 6.63. The van der Waals surface area contributed by atoms with Crippen molar-refractivity contribution in [2.45, 2.75) is 17.9 Å². The van der Waals surface area contributed by atoms with Crippen molar-refractivity contribution in [2.75, 3.05) is 24.7 Å². The molecule has 146 valence electrons. The quantitative estimate of drug-likeness (QED) is 0.587. The summed E-state index contributed by atoms with van der Waals surface area (Å²) in [4.78, 5) is 27.3. The van der Waals surface area contributed by atoms with Gasteiger partial charge in [0.25, 0.3) is 5.91 Å². The predicted molar refractivity (Wildman–Crippen MR) is 100.0 cm³/mol. The molecule has 2 amide bonds. The zero-order valence-electron chi connectivity index (χ0n) is 14.6. The van der Waals surface area contributed by atoms with Gasteiger partial charge in [-0.15, -0.1) is 11.3 Å². The van der Waals surface area contributed by atoms with E-state index >= 15 is 0 Å². The van der Waals surface area contributed by atoms with Crippen molar-refractivity contribution in [3.05, 3.63) is 46.3 Å². The van der Waals surface area contributed by atoms with Gasteiger partial charge in [0.05, 0.1) is 10.5 Å². The maximum atomic E-state index is 12.3. The smallest absolute Gasteiger partial charge is 0.251 e. The standard InChI is InChI=1S/C17H19N3O4S2.ClH/c1-20-8-7-12-13(9-20)25-17(15(12)16(18)22)19-14(21)10-26(23,24)11-5-3-2-4-6-11;/h2-6H,7-10H2,1H3,(H2,18,22)(H,19,21);1H/p-1. The van der Waals surface area contributed by atoms with Crippen LogP contribution in [0.5, 0.6) is 0 Å². The van der Waals surface area contributed by atoms with Gasteiger partial charge in [-0.25, -0.2) is 8.42 Å². The van der Waals surface area contributed by atoms with Crippen LogP contribution in [0.3, 0.4) is 0 Å². The lowest BCUT2D eigenvalue weighted by molar-refractivity contribution is -0.113. The van der Waals surface area contributed by atoms with Gasteiger partial charge >= 0.3 is 0 Å². The van der Waals surface area contributed by atoms with Crippen molar-refractivity contribution in [1.29, 1.82) is 0 Å². The summed E-state index contributed by atoms with van der Waals surface area (Å²) in [5.74, 6) is -2.01. The first-order chi connectivity index (χ1) is 12.3. The van der Waals surface area contributed by atoms with Crippen molar-refractivity contribution in [1.82, 2.24) is 4.90 Å². The van der Waals surface area contributed by atoms with Crippen molar-refractivity contribution < 1.29 is 30.4 Å². The number of nitrogens with zero attached hydrogens (tertiary/aromatic N) is 1. The minimum atomic E-state index is -3.76. The number of sulfone groups is 1. The van der Waals surface area contributed by atoms with Crippen molar-refractivity contribution in [3.63, 3.8) is 0 Å². The molecule has 0 saturated heterocycles. The highest BCUT2D eigenvalue weighted by Crippen LogP contribution is 2.36. The molecule has 2 aromatic rings. The number of thiophene rings is 1. The van der Waals surface area contributed by atoms with E-state index in [1.807, 2.05) is 7.05 Å². The number of rotatable bonds is 5. The van der Waals surface area contributed by atoms with E-state index in [4.69, 9.17) is 5.73 Å². The number of carbonyl (C=O) groups excluding carboxylic acids is 2. The van der Waals surface area contributed by atoms with Crippen LogP contribution >= 0.6 is 11.3 Å². The average molecular weight is 429 g/mol. The van der Waals surface area contributed by atoms with Gasteiger partial charge in [-0.05, 0) is 31.2 Å². The molecule has 3 rings (SSSR count). The first-order valence-corrected chi connectivity index (χ1v) is 10.5. The Bertz CT molecular complexity index is 958. The topological polar surface area (TPSA) is 110 Å². The minimum absolute atomic E-state index is 0. The summed E-state index contributed by atoms with van der Waals surface area (Å²) in [5, 5.41) is 2.90. The van der Waals surface area contributed by atoms with E-state index in [-0.39, 0.29) is 17.3 Å². The van der Waals surface area contributed by atoms with Crippen LogP contribution in [0.25, 0.3) is 0 Å². The van der Waals surface area contributed by atoms with E-state index in [9.17, 15) is 18.0 Å². The third-order valence-electron chi connectivity index (χ3n) is 4.17. The number of carbonyl (C=O) groups is 2. The fourth-order valence-electron chi connectivity index (χ4n) is 2.93. The van der Waals surface area contributed by atoms with Gasteiger partial charge in [-0.1, -0.05) is 18.2 Å². The molecule has 3 N–H and O–H groups in total. The molecule has 0 aliphatic carbocycles. The number of primary amides is 1. The van der Waals surface area contributed by atoms with Crippen molar-refractivity contribution in [2.24, 2.45) is 5.73 Å². The van der Waals surface area contributed by atoms with Crippen LogP contribution in [0.1, 0.15) is 20.8 Å². The molecule has 1 aliphatic heterocycles. The number of halogens is 1. The summed E-state index contributed by atoms with van der Waals surface area (Å²) in [7, 11) is -1.79. The summed E-state index contributed by atoms with van der Waals surface area (Å²) in [5.41, 5.74) is 6.64. The number of nitrogens with two attached hydrogens (primary N) is 1. The van der Waals surface area contributed by atoms with Crippen LogP contribution in [0, 0.1) is 0 Å². The molecule has 27 heavy (non-hydrogen) atoms. The number of likely N-dealkylation sites (N-methyl/N-ethyl adjacent to an activating group) is 1. The monoisotopic (exact) mass is 428 g/mol. The van der Waals surface area contributed by atoms with Gasteiger partial charge in [0, 0.05) is 18.0 Å². The number of hydrogen-bond donors (Lipinski definition) is 2. The first-order valence-electron chi connectivity index (χ1n) is 7.98. The summed E-state index contributed by atoms with van der Waals surface area (Å²) < 4.78 is 24.7. The summed E-state index contributed by atoms with van der Waals surface area (Å²) in [6.07, 6.45) is 0.665. The lowest BCUT2D eigenvalue weighted by Crippen LogP contribution is -3.00. The van der Waals surface area contributed by atoms with Gasteiger partial charge in [0.15, 0.2) is 9.84 Å². The molecule has 10 heteroatoms. The van der Waals surface area contributed by atoms with Crippen LogP contribution in [-0.4, -0.2) is 44.5 Å². The molecule has 0 atom stereocenters. The van der Waals surface area contributed by atoms with Crippen LogP contribution in [0.4, 0.5) is 5.00 Å². The van der Waals surface area contributed by atoms with Crippen molar-refractivity contribution >= 4 is 38.0 Å². The van der Waals surface area contributed by atoms with Gasteiger partial charge in [0.2, 0.25) is 5.91 Å². The number of fused-ring (bicyclic) bond motifs is 1. The number of hydrogen-bond acceptors (Lipinski definition) is 6. The van der Waals surface area contributed by atoms with E-state index < -0.39 is 27.4 Å². The minimum Gasteiger partial charge on any atom is -1.00 e. The van der Waals surface area contributed by atoms with E-state index in [2.05, 4.69) is 10.2 Å². The first kappa shape index (κ1) is 21.4. The third-order valence-corrected chi connectivity index (χ3v) is 6.94. The lowest BCUT2D eigenvalue weighted by atomic mass is 10.0. The largest absolute Gasteiger partial charge is 1.00 e. The van der Waals surface area contributed by atoms with Gasteiger partial charge in [-0.2, -0.15) is 0 Å². The zero-order valence-corrected chi connectivity index (χ0v) is 17.0. The van der Waals surface area contributed by atoms with Crippen molar-refractivity contribution in [3.8, 4) is 0 Å². The number of benzene rings is 1. The lowest BCUT2D eigenvalue weighted by Gasteiger charge is -2.22. The predicted octanol–water partition coefficient (Wildman–Crippen LogP) is -1.75. The Morgan fingerprint density at radius 1 is 1.26 bits per heavy atom. The second kappa shape index (κ2) is 8.39. The average Bonchev–Trinajstić information content (AvgIpc) is 2.91. The molecule has 0 spiro atoms. The summed E-state index contributed by atoms with van der Waals surface area (Å²) in [6, 6.07) is 7.78. The maximum Gasteiger partial charge on any atom is 0.251 e. The van der Waals surface area contributed by atoms with Crippen LogP contribution in [0.2, 0.25) is 0 Å². The molecule has 7 nitrogen and oxygen atoms in total. The number of amides is 2. The van der Waals surface area contributed by atoms with Gasteiger partial charge in [0.1, 0.15) is 10.8 Å². The molecular formula is C17H19ClN3O4S2-. The Morgan fingerprint density at radius 3 is 2.56 bits per heavy atom. The highest BCUT2D eigenvalue weighted by molar-refractivity contribution is 7.92. The molecule has 0 fully saturated rings. The SMILES string of the molecule is CN1CCc2c(sc(NC(=O)CS(=O)(=O)c3ccccc3)c2C(N)=O)C1.[Cl-]. The van der Waals surface area contributed by atoms with E-state index in [0.717, 1.165) is 17.0 Å². The Morgan fingerprint density at radius 2 is 1.93 bits per heavy atom. The molecule has 2 heterocycles. The molecular weight excluding hydrogens is 410 g/mol. The second-order valence-electron chi connectivity index (χ2n) is 6.18. The Balaban J connectivity index is 0.00000261. The Hall–Kier alpha value is -1.94. The molecule has 0 radical (unpaired) electrons. The van der Waals surface area contributed by atoms with E-state index in [0.29, 0.717) is 23.5 Å². The normalized spacial score (nSPS) is 14.1. The van der Waals surface area contributed by atoms with E-state index in [1.165, 1.54) is 23.5 Å². The fraction of sp³-hybridized carbons (Fsp3) is 0.294. The van der Waals surface area contributed by atoms with Crippen LogP contribution in [0.15, 0.2) is 35.2 Å². The maximum absolute atomic E-state index is 12.3. The molecule has 0 bridgehead atoms. The zero-order chi connectivity index (χ0) is 18.9. The summed E-state index contributed by atoms with van der Waals surface area (Å²) >= 11 is 1.27. The molecule has 0 saturated carbocycles. The summed E-state index contributed by atoms with van der Waals surface area (Å²) in [6.45, 7) is 1.46. The molecule has 1 aliphatic rings. The highest BCUT2D eigenvalue weighted by atomic mass is 35.5. The van der Waals surface area contributed by atoms with Crippen LogP contribution in [-0.2, 0) is 27.6 Å². The Labute approximate surface area is 167 Å². The second-order valence-corrected chi connectivity index (χ2v) is 9.28. The number of anilines is 1. The molecule has 1 aromatic heterocycles.